The third-order valence-corrected chi connectivity index (χ3v) is 8.95. The number of para-hydroxylation sites is 3. The lowest BCUT2D eigenvalue weighted by Gasteiger charge is -2.11. The SMILES string of the molecule is c1ccc(-n2c3cc4c(cc3c3c5c(ccc32)-c2ccccc2C5)c2nc3ccccc3n2c2cccnc42)cc1. The van der Waals surface area contributed by atoms with E-state index < -0.39 is 0 Å². The minimum Gasteiger partial charge on any atom is -0.309 e. The Morgan fingerprint density at radius 3 is 2.37 bits per heavy atom. The van der Waals surface area contributed by atoms with E-state index >= 15 is 0 Å². The number of imidazole rings is 1. The first-order valence-electron chi connectivity index (χ1n) is 14.1. The second kappa shape index (κ2) is 7.58. The van der Waals surface area contributed by atoms with Crippen molar-refractivity contribution in [2.45, 2.75) is 6.42 Å². The summed E-state index contributed by atoms with van der Waals surface area (Å²) < 4.78 is 4.71. The fourth-order valence-corrected chi connectivity index (χ4v) is 7.26. The summed E-state index contributed by atoms with van der Waals surface area (Å²) in [5, 5.41) is 4.83. The van der Waals surface area contributed by atoms with Crippen molar-refractivity contribution in [2.24, 2.45) is 0 Å². The van der Waals surface area contributed by atoms with Crippen LogP contribution in [-0.2, 0) is 6.42 Å². The van der Waals surface area contributed by atoms with Crippen LogP contribution < -0.4 is 0 Å². The highest BCUT2D eigenvalue weighted by Gasteiger charge is 2.25. The molecule has 1 aliphatic rings. The topological polar surface area (TPSA) is 35.1 Å². The number of pyridine rings is 2. The molecule has 0 unspecified atom stereocenters. The van der Waals surface area contributed by atoms with E-state index in [-0.39, 0.29) is 0 Å². The van der Waals surface area contributed by atoms with Crippen LogP contribution in [0.1, 0.15) is 11.1 Å². The van der Waals surface area contributed by atoms with Gasteiger partial charge in [-0.05, 0) is 83.3 Å². The van der Waals surface area contributed by atoms with E-state index in [1.54, 1.807) is 0 Å². The van der Waals surface area contributed by atoms with Crippen LogP contribution in [0.25, 0.3) is 77.1 Å². The summed E-state index contributed by atoms with van der Waals surface area (Å²) in [6.45, 7) is 0. The van der Waals surface area contributed by atoms with Gasteiger partial charge in [-0.25, -0.2) is 4.98 Å². The normalized spacial score (nSPS) is 12.8. The first-order valence-corrected chi connectivity index (χ1v) is 14.1. The molecule has 41 heavy (non-hydrogen) atoms. The van der Waals surface area contributed by atoms with Crippen LogP contribution in [0.5, 0.6) is 0 Å². The molecule has 5 aromatic carbocycles. The van der Waals surface area contributed by atoms with Crippen molar-refractivity contribution in [1.82, 2.24) is 18.9 Å². The second-order valence-electron chi connectivity index (χ2n) is 11.0. The van der Waals surface area contributed by atoms with Crippen molar-refractivity contribution in [3.8, 4) is 16.8 Å². The van der Waals surface area contributed by atoms with Gasteiger partial charge in [0.05, 0.1) is 33.1 Å². The zero-order valence-electron chi connectivity index (χ0n) is 22.0. The van der Waals surface area contributed by atoms with Gasteiger partial charge in [0.15, 0.2) is 0 Å². The van der Waals surface area contributed by atoms with Crippen LogP contribution in [0.15, 0.2) is 121 Å². The van der Waals surface area contributed by atoms with E-state index in [9.17, 15) is 0 Å². The maximum absolute atomic E-state index is 5.18. The summed E-state index contributed by atoms with van der Waals surface area (Å²) >= 11 is 0. The van der Waals surface area contributed by atoms with Gasteiger partial charge in [-0.2, -0.15) is 0 Å². The molecule has 0 radical (unpaired) electrons. The third-order valence-electron chi connectivity index (χ3n) is 8.95. The predicted molar refractivity (Wildman–Crippen MR) is 168 cm³/mol. The highest BCUT2D eigenvalue weighted by Crippen LogP contribution is 2.46. The van der Waals surface area contributed by atoms with Gasteiger partial charge in [-0.15, -0.1) is 0 Å². The molecule has 0 N–H and O–H groups in total. The summed E-state index contributed by atoms with van der Waals surface area (Å²) in [7, 11) is 0. The highest BCUT2D eigenvalue weighted by molar-refractivity contribution is 6.22. The van der Waals surface area contributed by atoms with Crippen LogP contribution in [-0.4, -0.2) is 18.9 Å². The second-order valence-corrected chi connectivity index (χ2v) is 11.0. The molecule has 0 fully saturated rings. The minimum atomic E-state index is 0.941. The minimum absolute atomic E-state index is 0.941. The molecule has 4 aromatic heterocycles. The lowest BCUT2D eigenvalue weighted by molar-refractivity contribution is 1.18. The van der Waals surface area contributed by atoms with E-state index in [0.717, 1.165) is 50.6 Å². The van der Waals surface area contributed by atoms with Crippen LogP contribution in [0.2, 0.25) is 0 Å². The van der Waals surface area contributed by atoms with Crippen LogP contribution in [0.3, 0.4) is 0 Å². The first kappa shape index (κ1) is 21.4. The Balaban J connectivity index is 1.45. The van der Waals surface area contributed by atoms with Gasteiger partial charge < -0.3 is 4.57 Å². The Bertz CT molecular complexity index is 2550. The lowest BCUT2D eigenvalue weighted by Crippen LogP contribution is -1.95. The van der Waals surface area contributed by atoms with Crippen molar-refractivity contribution in [3.63, 3.8) is 0 Å². The molecule has 0 amide bonds. The van der Waals surface area contributed by atoms with Crippen LogP contribution in [0, 0.1) is 0 Å². The first-order chi connectivity index (χ1) is 20.3. The summed E-state index contributed by atoms with van der Waals surface area (Å²) in [6.07, 6.45) is 2.84. The number of hydrogen-bond donors (Lipinski definition) is 0. The highest BCUT2D eigenvalue weighted by atomic mass is 15.0. The Hall–Kier alpha value is -5.48. The quantitative estimate of drug-likeness (QED) is 0.202. The van der Waals surface area contributed by atoms with Gasteiger partial charge in [-0.3, -0.25) is 9.38 Å². The van der Waals surface area contributed by atoms with E-state index in [1.807, 2.05) is 12.3 Å². The Labute approximate surface area is 234 Å². The third kappa shape index (κ3) is 2.69. The number of hydrogen-bond acceptors (Lipinski definition) is 2. The smallest absolute Gasteiger partial charge is 0.146 e. The zero-order valence-corrected chi connectivity index (χ0v) is 22.0. The molecule has 4 heteroatoms. The fourth-order valence-electron chi connectivity index (χ4n) is 7.26. The summed E-state index contributed by atoms with van der Waals surface area (Å²) in [4.78, 5) is 10.1. The van der Waals surface area contributed by atoms with Gasteiger partial charge in [0.1, 0.15) is 5.65 Å². The molecule has 4 heterocycles. The zero-order chi connectivity index (χ0) is 26.7. The van der Waals surface area contributed by atoms with Crippen LogP contribution in [0.4, 0.5) is 0 Å². The molecule has 0 atom stereocenters. The van der Waals surface area contributed by atoms with Crippen LogP contribution >= 0.6 is 0 Å². The number of fused-ring (bicyclic) bond motifs is 15. The largest absolute Gasteiger partial charge is 0.309 e. The average Bonchev–Trinajstić information content (AvgIpc) is 3.70. The molecule has 0 saturated carbocycles. The molecule has 4 nitrogen and oxygen atoms in total. The average molecular weight is 523 g/mol. The van der Waals surface area contributed by atoms with Crippen molar-refractivity contribution in [2.75, 3.05) is 0 Å². The molecule has 0 aliphatic heterocycles. The Morgan fingerprint density at radius 2 is 1.41 bits per heavy atom. The number of aromatic nitrogens is 4. The predicted octanol–water partition coefficient (Wildman–Crippen LogP) is 8.86. The number of benzene rings is 5. The van der Waals surface area contributed by atoms with Gasteiger partial charge in [0, 0.05) is 33.4 Å². The Morgan fingerprint density at radius 1 is 0.585 bits per heavy atom. The molecule has 10 rings (SSSR count). The standard InChI is InChI=1S/C37H22N4/c1-2-10-23(11-3-1)40-32-17-16-25-24-12-5-4-9-22(24)19-26(25)35(32)29-20-28-27(21-34(29)40)36-33(15-8-18-38-36)41-31-14-7-6-13-30(31)39-37(28)41/h1-18,20-21H,19H2. The van der Waals surface area contributed by atoms with E-state index in [4.69, 9.17) is 9.97 Å². The van der Waals surface area contributed by atoms with Crippen molar-refractivity contribution in [1.29, 1.82) is 0 Å². The van der Waals surface area contributed by atoms with Crippen molar-refractivity contribution >= 4 is 60.3 Å². The fraction of sp³-hybridized carbons (Fsp3) is 0.0270. The monoisotopic (exact) mass is 522 g/mol. The van der Waals surface area contributed by atoms with Crippen molar-refractivity contribution < 1.29 is 0 Å². The molecular weight excluding hydrogens is 500 g/mol. The number of nitrogens with zero attached hydrogens (tertiary/aromatic N) is 4. The molecule has 0 bridgehead atoms. The number of rotatable bonds is 1. The Kier molecular flexibility index (Phi) is 3.95. The van der Waals surface area contributed by atoms with Gasteiger partial charge in [0.2, 0.25) is 0 Å². The van der Waals surface area contributed by atoms with Gasteiger partial charge >= 0.3 is 0 Å². The van der Waals surface area contributed by atoms with Gasteiger partial charge in [0.25, 0.3) is 0 Å². The maximum atomic E-state index is 5.18. The molecule has 190 valence electrons. The summed E-state index contributed by atoms with van der Waals surface area (Å²) in [5.74, 6) is 0. The summed E-state index contributed by atoms with van der Waals surface area (Å²) in [5.41, 5.74) is 14.2. The molecule has 9 aromatic rings. The van der Waals surface area contributed by atoms with E-state index in [1.165, 1.54) is 44.1 Å². The van der Waals surface area contributed by atoms with E-state index in [0.29, 0.717) is 0 Å². The summed E-state index contributed by atoms with van der Waals surface area (Å²) in [6, 6.07) is 41.5. The molecule has 1 aliphatic carbocycles. The maximum Gasteiger partial charge on any atom is 0.146 e. The molecular formula is C37H22N4. The molecule has 0 spiro atoms. The lowest BCUT2D eigenvalue weighted by atomic mass is 9.99. The van der Waals surface area contributed by atoms with Gasteiger partial charge in [-0.1, -0.05) is 60.7 Å². The van der Waals surface area contributed by atoms with Crippen molar-refractivity contribution in [3.05, 3.63) is 133 Å². The van der Waals surface area contributed by atoms with E-state index in [2.05, 4.69) is 118 Å². The molecule has 0 saturated heterocycles.